The van der Waals surface area contributed by atoms with Crippen molar-refractivity contribution >= 4 is 16.8 Å². The van der Waals surface area contributed by atoms with E-state index in [4.69, 9.17) is 14.5 Å². The Kier molecular flexibility index (Phi) is 5.49. The summed E-state index contributed by atoms with van der Waals surface area (Å²) in [5, 5.41) is 3.80. The second-order valence-corrected chi connectivity index (χ2v) is 6.13. The molecule has 0 saturated heterocycles. The molecule has 0 spiro atoms. The molecule has 0 aliphatic heterocycles. The summed E-state index contributed by atoms with van der Waals surface area (Å²) >= 11 is 0. The summed E-state index contributed by atoms with van der Waals surface area (Å²) in [6, 6.07) is 17.0. The van der Waals surface area contributed by atoms with Crippen LogP contribution in [-0.4, -0.2) is 37.8 Å². The maximum absolute atomic E-state index is 12.8. The molecule has 134 valence electrons. The van der Waals surface area contributed by atoms with Crippen LogP contribution < -0.4 is 10.1 Å². The van der Waals surface area contributed by atoms with Gasteiger partial charge in [0.2, 0.25) is 0 Å². The minimum atomic E-state index is -0.136. The van der Waals surface area contributed by atoms with Crippen LogP contribution in [-0.2, 0) is 4.74 Å². The predicted molar refractivity (Wildman–Crippen MR) is 103 cm³/mol. The third-order valence-electron chi connectivity index (χ3n) is 4.14. The van der Waals surface area contributed by atoms with Gasteiger partial charge in [-0.25, -0.2) is 4.98 Å². The number of para-hydroxylation sites is 1. The van der Waals surface area contributed by atoms with Crippen molar-refractivity contribution in [2.24, 2.45) is 0 Å². The maximum Gasteiger partial charge on any atom is 0.252 e. The van der Waals surface area contributed by atoms with Gasteiger partial charge in [0.1, 0.15) is 5.75 Å². The molecule has 0 fully saturated rings. The Morgan fingerprint density at radius 1 is 1.12 bits per heavy atom. The Morgan fingerprint density at radius 2 is 1.85 bits per heavy atom. The van der Waals surface area contributed by atoms with E-state index in [-0.39, 0.29) is 11.9 Å². The van der Waals surface area contributed by atoms with Gasteiger partial charge in [-0.05, 0) is 43.3 Å². The second-order valence-electron chi connectivity index (χ2n) is 6.13. The van der Waals surface area contributed by atoms with Crippen molar-refractivity contribution in [3.05, 3.63) is 60.2 Å². The number of nitrogens with one attached hydrogen (secondary N) is 1. The van der Waals surface area contributed by atoms with Crippen molar-refractivity contribution < 1.29 is 14.3 Å². The zero-order valence-electron chi connectivity index (χ0n) is 15.2. The molecule has 0 aliphatic carbocycles. The van der Waals surface area contributed by atoms with E-state index in [9.17, 15) is 4.79 Å². The van der Waals surface area contributed by atoms with E-state index in [0.717, 1.165) is 27.9 Å². The molecular weight excluding hydrogens is 328 g/mol. The predicted octanol–water partition coefficient (Wildman–Crippen LogP) is 3.68. The van der Waals surface area contributed by atoms with E-state index in [2.05, 4.69) is 5.32 Å². The number of ether oxygens (including phenoxy) is 2. The lowest BCUT2D eigenvalue weighted by Gasteiger charge is -2.15. The Morgan fingerprint density at radius 3 is 2.54 bits per heavy atom. The molecule has 1 atom stereocenters. The van der Waals surface area contributed by atoms with Crippen molar-refractivity contribution in [2.75, 3.05) is 20.8 Å². The van der Waals surface area contributed by atoms with Gasteiger partial charge in [-0.1, -0.05) is 18.2 Å². The van der Waals surface area contributed by atoms with Gasteiger partial charge < -0.3 is 14.8 Å². The van der Waals surface area contributed by atoms with Gasteiger partial charge >= 0.3 is 0 Å². The van der Waals surface area contributed by atoms with E-state index >= 15 is 0 Å². The normalized spacial score (nSPS) is 12.0. The van der Waals surface area contributed by atoms with Crippen LogP contribution in [0.1, 0.15) is 17.3 Å². The zero-order valence-corrected chi connectivity index (χ0v) is 15.2. The van der Waals surface area contributed by atoms with Gasteiger partial charge in [0.05, 0.1) is 30.5 Å². The Bertz CT molecular complexity index is 907. The zero-order chi connectivity index (χ0) is 18.5. The van der Waals surface area contributed by atoms with Gasteiger partial charge in [-0.3, -0.25) is 4.79 Å². The molecular formula is C21H22N2O3. The first-order valence-electron chi connectivity index (χ1n) is 8.46. The third kappa shape index (κ3) is 3.83. The summed E-state index contributed by atoms with van der Waals surface area (Å²) in [7, 11) is 3.25. The number of carbonyl (C=O) groups excluding carboxylic acids is 1. The Hall–Kier alpha value is -2.92. The molecule has 1 N–H and O–H groups in total. The third-order valence-corrected chi connectivity index (χ3v) is 4.14. The number of methoxy groups -OCH3 is 2. The van der Waals surface area contributed by atoms with Crippen LogP contribution in [0.4, 0.5) is 0 Å². The molecule has 1 aromatic heterocycles. The van der Waals surface area contributed by atoms with Crippen LogP contribution in [0.3, 0.4) is 0 Å². The highest BCUT2D eigenvalue weighted by Gasteiger charge is 2.15. The topological polar surface area (TPSA) is 60.5 Å². The first-order chi connectivity index (χ1) is 12.6. The van der Waals surface area contributed by atoms with Gasteiger partial charge in [0, 0.05) is 24.1 Å². The van der Waals surface area contributed by atoms with Crippen molar-refractivity contribution in [3.8, 4) is 17.0 Å². The summed E-state index contributed by atoms with van der Waals surface area (Å²) in [4.78, 5) is 17.5. The van der Waals surface area contributed by atoms with Crippen LogP contribution in [0.25, 0.3) is 22.2 Å². The average Bonchev–Trinajstić information content (AvgIpc) is 2.67. The number of amides is 1. The maximum atomic E-state index is 12.8. The molecule has 0 radical (unpaired) electrons. The average molecular weight is 350 g/mol. The van der Waals surface area contributed by atoms with Gasteiger partial charge in [0.25, 0.3) is 5.91 Å². The largest absolute Gasteiger partial charge is 0.497 e. The smallest absolute Gasteiger partial charge is 0.252 e. The summed E-state index contributed by atoms with van der Waals surface area (Å²) in [6.07, 6.45) is 0. The Labute approximate surface area is 153 Å². The molecule has 5 nitrogen and oxygen atoms in total. The van der Waals surface area contributed by atoms with Crippen LogP contribution in [0.2, 0.25) is 0 Å². The number of carbonyl (C=O) groups is 1. The van der Waals surface area contributed by atoms with E-state index in [0.29, 0.717) is 12.2 Å². The highest BCUT2D eigenvalue weighted by Crippen LogP contribution is 2.26. The van der Waals surface area contributed by atoms with E-state index in [1.165, 1.54) is 0 Å². The molecule has 3 rings (SSSR count). The number of benzene rings is 2. The summed E-state index contributed by atoms with van der Waals surface area (Å²) in [5.41, 5.74) is 3.06. The lowest BCUT2D eigenvalue weighted by molar-refractivity contribution is 0.0907. The highest BCUT2D eigenvalue weighted by atomic mass is 16.5. The number of hydrogen-bond donors (Lipinski definition) is 1. The van der Waals surface area contributed by atoms with E-state index < -0.39 is 0 Å². The monoisotopic (exact) mass is 350 g/mol. The summed E-state index contributed by atoms with van der Waals surface area (Å²) < 4.78 is 10.3. The first-order valence-corrected chi connectivity index (χ1v) is 8.46. The first kappa shape index (κ1) is 17.9. The van der Waals surface area contributed by atoms with Crippen molar-refractivity contribution in [1.29, 1.82) is 0 Å². The number of hydrogen-bond acceptors (Lipinski definition) is 4. The van der Waals surface area contributed by atoms with Crippen LogP contribution >= 0.6 is 0 Å². The molecule has 5 heteroatoms. The minimum absolute atomic E-state index is 0.0798. The molecule has 0 unspecified atom stereocenters. The van der Waals surface area contributed by atoms with Crippen LogP contribution in [0, 0.1) is 0 Å². The lowest BCUT2D eigenvalue weighted by atomic mass is 10.0. The number of aromatic nitrogens is 1. The molecule has 1 amide bonds. The molecule has 2 aromatic carbocycles. The van der Waals surface area contributed by atoms with Gasteiger partial charge in [0.15, 0.2) is 0 Å². The molecule has 26 heavy (non-hydrogen) atoms. The Balaban J connectivity index is 2.04. The standard InChI is InChI=1S/C21H22N2O3/c1-14(13-25-2)22-21(24)18-12-20(15-8-10-16(26-3)11-9-15)23-19-7-5-4-6-17(18)19/h4-12,14H,13H2,1-3H3,(H,22,24)/t14-/m1/s1. The van der Waals surface area contributed by atoms with E-state index in [1.54, 1.807) is 14.2 Å². The molecule has 3 aromatic rings. The quantitative estimate of drug-likeness (QED) is 0.737. The van der Waals surface area contributed by atoms with Crippen molar-refractivity contribution in [2.45, 2.75) is 13.0 Å². The lowest BCUT2D eigenvalue weighted by Crippen LogP contribution is -2.35. The fourth-order valence-corrected chi connectivity index (χ4v) is 2.87. The molecule has 0 saturated carbocycles. The SMILES string of the molecule is COC[C@@H](C)NC(=O)c1cc(-c2ccc(OC)cc2)nc2ccccc12. The van der Waals surface area contributed by atoms with Gasteiger partial charge in [-0.15, -0.1) is 0 Å². The number of rotatable bonds is 6. The molecule has 0 aliphatic rings. The van der Waals surface area contributed by atoms with Crippen LogP contribution in [0.15, 0.2) is 54.6 Å². The van der Waals surface area contributed by atoms with E-state index in [1.807, 2.05) is 61.5 Å². The van der Waals surface area contributed by atoms with Crippen molar-refractivity contribution in [3.63, 3.8) is 0 Å². The van der Waals surface area contributed by atoms with Crippen LogP contribution in [0.5, 0.6) is 5.75 Å². The number of pyridine rings is 1. The molecule has 1 heterocycles. The summed E-state index contributed by atoms with van der Waals surface area (Å²) in [6.45, 7) is 2.37. The van der Waals surface area contributed by atoms with Gasteiger partial charge in [-0.2, -0.15) is 0 Å². The van der Waals surface area contributed by atoms with Crippen molar-refractivity contribution in [1.82, 2.24) is 10.3 Å². The number of nitrogens with zero attached hydrogens (tertiary/aromatic N) is 1. The summed E-state index contributed by atoms with van der Waals surface area (Å²) in [5.74, 6) is 0.642. The second kappa shape index (κ2) is 7.97. The fraction of sp³-hybridized carbons (Fsp3) is 0.238. The molecule has 0 bridgehead atoms. The number of fused-ring (bicyclic) bond motifs is 1. The fourth-order valence-electron chi connectivity index (χ4n) is 2.87. The minimum Gasteiger partial charge on any atom is -0.497 e. The highest BCUT2D eigenvalue weighted by molar-refractivity contribution is 6.07.